The van der Waals surface area contributed by atoms with E-state index in [-0.39, 0.29) is 5.92 Å². The number of allylic oxidation sites excluding steroid dienone is 1. The van der Waals surface area contributed by atoms with E-state index in [1.165, 1.54) is 0 Å². The van der Waals surface area contributed by atoms with Crippen molar-refractivity contribution in [3.05, 3.63) is 9.47 Å². The number of aliphatic carboxylic acids is 1. The number of hydrogen-bond acceptors (Lipinski definition) is 1. The highest BCUT2D eigenvalue weighted by Gasteiger charge is 2.24. The van der Waals surface area contributed by atoms with Gasteiger partial charge in [-0.05, 0) is 63.5 Å². The molecule has 74 valence electrons. The second-order valence-corrected chi connectivity index (χ2v) is 6.18. The van der Waals surface area contributed by atoms with Crippen LogP contribution in [0.15, 0.2) is 9.47 Å². The molecule has 1 aliphatic carbocycles. The summed E-state index contributed by atoms with van der Waals surface area (Å²) < 4.78 is 0.971. The average Bonchev–Trinajstić information content (AvgIpc) is 2.04. The molecule has 0 aromatic carbocycles. The third kappa shape index (κ3) is 3.81. The molecule has 0 bridgehead atoms. The van der Waals surface area contributed by atoms with Crippen molar-refractivity contribution in [2.45, 2.75) is 25.7 Å². The van der Waals surface area contributed by atoms with Crippen LogP contribution in [0.25, 0.3) is 0 Å². The molecule has 0 spiro atoms. The smallest absolute Gasteiger partial charge is 0.306 e. The number of carbonyl (C=O) groups is 1. The van der Waals surface area contributed by atoms with Gasteiger partial charge in [-0.1, -0.05) is 6.08 Å². The second-order valence-electron chi connectivity index (χ2n) is 3.41. The molecule has 0 radical (unpaired) electrons. The first-order valence-corrected chi connectivity index (χ1v) is 5.94. The van der Waals surface area contributed by atoms with Gasteiger partial charge < -0.3 is 5.11 Å². The molecule has 0 aliphatic heterocycles. The SMILES string of the molecule is O=C(O)[C@H]1CC[C@H](C=C(Br)Br)CC1. The van der Waals surface area contributed by atoms with Crippen LogP contribution in [0.3, 0.4) is 0 Å². The normalized spacial score (nSPS) is 28.2. The monoisotopic (exact) mass is 310 g/mol. The van der Waals surface area contributed by atoms with E-state index in [9.17, 15) is 4.79 Å². The van der Waals surface area contributed by atoms with Gasteiger partial charge in [0.1, 0.15) is 0 Å². The predicted molar refractivity (Wildman–Crippen MR) is 59.0 cm³/mol. The Hall–Kier alpha value is 0.170. The zero-order valence-electron chi connectivity index (χ0n) is 7.17. The molecule has 0 aromatic rings. The maximum absolute atomic E-state index is 10.6. The van der Waals surface area contributed by atoms with Gasteiger partial charge in [0.05, 0.1) is 9.31 Å². The van der Waals surface area contributed by atoms with Crippen molar-refractivity contribution in [2.75, 3.05) is 0 Å². The van der Waals surface area contributed by atoms with Gasteiger partial charge >= 0.3 is 5.97 Å². The second kappa shape index (κ2) is 5.15. The molecule has 0 amide bonds. The number of carboxylic acid groups (broad SMARTS) is 1. The summed E-state index contributed by atoms with van der Waals surface area (Å²) >= 11 is 6.63. The number of carboxylic acids is 1. The van der Waals surface area contributed by atoms with Crippen LogP contribution in [0.1, 0.15) is 25.7 Å². The molecule has 0 heterocycles. The van der Waals surface area contributed by atoms with Crippen LogP contribution in [-0.4, -0.2) is 11.1 Å². The van der Waals surface area contributed by atoms with E-state index in [0.717, 1.165) is 29.1 Å². The van der Waals surface area contributed by atoms with Crippen molar-refractivity contribution in [3.8, 4) is 0 Å². The molecule has 1 aliphatic rings. The minimum atomic E-state index is -0.639. The molecular formula is C9H12Br2O2. The van der Waals surface area contributed by atoms with Gasteiger partial charge in [-0.25, -0.2) is 0 Å². The summed E-state index contributed by atoms with van der Waals surface area (Å²) in [5, 5.41) is 8.77. The summed E-state index contributed by atoms with van der Waals surface area (Å²) in [5.41, 5.74) is 0. The van der Waals surface area contributed by atoms with Gasteiger partial charge in [-0.15, -0.1) is 0 Å². The maximum Gasteiger partial charge on any atom is 0.306 e. The van der Waals surface area contributed by atoms with Crippen LogP contribution >= 0.6 is 31.9 Å². The highest BCUT2D eigenvalue weighted by molar-refractivity contribution is 9.28. The Morgan fingerprint density at radius 2 is 1.77 bits per heavy atom. The topological polar surface area (TPSA) is 37.3 Å². The van der Waals surface area contributed by atoms with Crippen molar-refractivity contribution in [1.82, 2.24) is 0 Å². The van der Waals surface area contributed by atoms with Crippen LogP contribution in [0.4, 0.5) is 0 Å². The lowest BCUT2D eigenvalue weighted by molar-refractivity contribution is -0.142. The third-order valence-corrected chi connectivity index (χ3v) is 3.01. The maximum atomic E-state index is 10.6. The summed E-state index contributed by atoms with van der Waals surface area (Å²) in [4.78, 5) is 10.6. The lowest BCUT2D eigenvalue weighted by Crippen LogP contribution is -2.20. The number of rotatable bonds is 2. The Morgan fingerprint density at radius 1 is 1.23 bits per heavy atom. The molecule has 13 heavy (non-hydrogen) atoms. The fourth-order valence-corrected chi connectivity index (χ4v) is 2.46. The van der Waals surface area contributed by atoms with Crippen molar-refractivity contribution in [3.63, 3.8) is 0 Å². The fraction of sp³-hybridized carbons (Fsp3) is 0.667. The zero-order valence-corrected chi connectivity index (χ0v) is 10.3. The van der Waals surface area contributed by atoms with E-state index in [2.05, 4.69) is 37.9 Å². The molecule has 0 aromatic heterocycles. The Labute approximate surface area is 94.7 Å². The molecule has 1 N–H and O–H groups in total. The lowest BCUT2D eigenvalue weighted by atomic mass is 9.82. The molecule has 0 saturated heterocycles. The first kappa shape index (κ1) is 11.2. The van der Waals surface area contributed by atoms with Gasteiger partial charge in [-0.2, -0.15) is 0 Å². The average molecular weight is 312 g/mol. The van der Waals surface area contributed by atoms with Crippen molar-refractivity contribution in [1.29, 1.82) is 0 Å². The number of hydrogen-bond donors (Lipinski definition) is 1. The van der Waals surface area contributed by atoms with Crippen molar-refractivity contribution < 1.29 is 9.90 Å². The zero-order chi connectivity index (χ0) is 9.84. The van der Waals surface area contributed by atoms with E-state index in [1.54, 1.807) is 0 Å². The van der Waals surface area contributed by atoms with Gasteiger partial charge in [0, 0.05) is 0 Å². The van der Waals surface area contributed by atoms with Crippen LogP contribution in [0.5, 0.6) is 0 Å². The van der Waals surface area contributed by atoms with E-state index in [1.807, 2.05) is 0 Å². The van der Waals surface area contributed by atoms with Gasteiger partial charge in [-0.3, -0.25) is 4.79 Å². The van der Waals surface area contributed by atoms with Crippen LogP contribution < -0.4 is 0 Å². The Bertz CT molecular complexity index is 214. The molecule has 4 heteroatoms. The Morgan fingerprint density at radius 3 is 2.15 bits per heavy atom. The van der Waals surface area contributed by atoms with Crippen molar-refractivity contribution in [2.24, 2.45) is 11.8 Å². The molecule has 2 nitrogen and oxygen atoms in total. The van der Waals surface area contributed by atoms with Crippen LogP contribution in [-0.2, 0) is 4.79 Å². The van der Waals surface area contributed by atoms with E-state index in [0.29, 0.717) is 5.92 Å². The lowest BCUT2D eigenvalue weighted by Gasteiger charge is -2.23. The fourth-order valence-electron chi connectivity index (χ4n) is 1.71. The Balaban J connectivity index is 2.39. The standard InChI is InChI=1S/C9H12Br2O2/c10-8(11)5-6-1-3-7(4-2-6)9(12)13/h5-7H,1-4H2,(H,12,13)/t6-,7-. The third-order valence-electron chi connectivity index (χ3n) is 2.48. The quantitative estimate of drug-likeness (QED) is 0.847. The minimum absolute atomic E-state index is 0.112. The molecule has 0 unspecified atom stereocenters. The number of halogens is 2. The summed E-state index contributed by atoms with van der Waals surface area (Å²) in [7, 11) is 0. The predicted octanol–water partition coefficient (Wildman–Crippen LogP) is 3.51. The van der Waals surface area contributed by atoms with Crippen LogP contribution in [0, 0.1) is 11.8 Å². The molecule has 0 atom stereocenters. The molecule has 1 saturated carbocycles. The van der Waals surface area contributed by atoms with E-state index >= 15 is 0 Å². The van der Waals surface area contributed by atoms with E-state index in [4.69, 9.17) is 5.11 Å². The van der Waals surface area contributed by atoms with Crippen LogP contribution in [0.2, 0.25) is 0 Å². The van der Waals surface area contributed by atoms with Gasteiger partial charge in [0.15, 0.2) is 0 Å². The summed E-state index contributed by atoms with van der Waals surface area (Å²) in [5.74, 6) is -0.219. The first-order valence-electron chi connectivity index (χ1n) is 4.35. The van der Waals surface area contributed by atoms with E-state index < -0.39 is 5.97 Å². The Kier molecular flexibility index (Phi) is 4.46. The molecule has 1 fully saturated rings. The first-order chi connectivity index (χ1) is 6.09. The summed E-state index contributed by atoms with van der Waals surface area (Å²) in [6, 6.07) is 0. The summed E-state index contributed by atoms with van der Waals surface area (Å²) in [6.07, 6.45) is 5.70. The molecular weight excluding hydrogens is 300 g/mol. The van der Waals surface area contributed by atoms with Crippen molar-refractivity contribution >= 4 is 37.8 Å². The molecule has 1 rings (SSSR count). The summed E-state index contributed by atoms with van der Waals surface area (Å²) in [6.45, 7) is 0. The highest BCUT2D eigenvalue weighted by Crippen LogP contribution is 2.31. The van der Waals surface area contributed by atoms with Gasteiger partial charge in [0.2, 0.25) is 0 Å². The highest BCUT2D eigenvalue weighted by atomic mass is 79.9. The minimum Gasteiger partial charge on any atom is -0.481 e. The van der Waals surface area contributed by atoms with Gasteiger partial charge in [0.25, 0.3) is 0 Å². The largest absolute Gasteiger partial charge is 0.481 e.